The summed E-state index contributed by atoms with van der Waals surface area (Å²) >= 11 is 5.05. The molecule has 1 atom stereocenters. The summed E-state index contributed by atoms with van der Waals surface area (Å²) < 4.78 is 10.9. The number of carbonyl (C=O) groups excluding carboxylic acids is 2. The van der Waals surface area contributed by atoms with Gasteiger partial charge in [-0.05, 0) is 49.8 Å². The summed E-state index contributed by atoms with van der Waals surface area (Å²) in [6.45, 7) is 3.51. The summed E-state index contributed by atoms with van der Waals surface area (Å²) in [7, 11) is 2.99. The molecule has 1 aromatic rings. The van der Waals surface area contributed by atoms with E-state index in [1.807, 2.05) is 0 Å². The molecule has 1 aliphatic heterocycles. The Hall–Kier alpha value is -2.94. The Labute approximate surface area is 161 Å². The molecule has 9 heteroatoms. The van der Waals surface area contributed by atoms with Crippen LogP contribution in [0.25, 0.3) is 6.08 Å². The minimum Gasteiger partial charge on any atom is -0.490 e. The summed E-state index contributed by atoms with van der Waals surface area (Å²) in [5, 5.41) is 9.12. The molecule has 1 N–H and O–H groups in total. The lowest BCUT2D eigenvalue weighted by atomic mass is 10.1. The van der Waals surface area contributed by atoms with E-state index in [-0.39, 0.29) is 16.4 Å². The topological polar surface area (TPSA) is 96.4 Å². The van der Waals surface area contributed by atoms with Gasteiger partial charge in [-0.2, -0.15) is 0 Å². The molecule has 1 saturated heterocycles. The molecule has 0 saturated carbocycles. The summed E-state index contributed by atoms with van der Waals surface area (Å²) in [6, 6.07) is 4.72. The highest BCUT2D eigenvalue weighted by Gasteiger charge is 2.35. The molecule has 0 aliphatic carbocycles. The van der Waals surface area contributed by atoms with Gasteiger partial charge < -0.3 is 14.6 Å². The molecule has 2 rings (SSSR count). The summed E-state index contributed by atoms with van der Waals surface area (Å²) in [5.74, 6) is -1.54. The third-order valence-corrected chi connectivity index (χ3v) is 4.42. The van der Waals surface area contributed by atoms with Crippen LogP contribution in [0.15, 0.2) is 23.8 Å². The van der Waals surface area contributed by atoms with Gasteiger partial charge in [0.2, 0.25) is 0 Å². The molecule has 0 radical (unpaired) electrons. The maximum atomic E-state index is 12.4. The molecule has 0 spiro atoms. The Morgan fingerprint density at radius 2 is 1.81 bits per heavy atom. The Kier molecular flexibility index (Phi) is 6.17. The van der Waals surface area contributed by atoms with Crippen molar-refractivity contribution < 1.29 is 29.0 Å². The van der Waals surface area contributed by atoms with Gasteiger partial charge in [0.1, 0.15) is 5.57 Å². The highest BCUT2D eigenvalue weighted by Crippen LogP contribution is 2.31. The fraction of sp³-hybridized carbons (Fsp3) is 0.333. The van der Waals surface area contributed by atoms with Gasteiger partial charge >= 0.3 is 5.97 Å². The lowest BCUT2D eigenvalue weighted by Gasteiger charge is -2.31. The lowest BCUT2D eigenvalue weighted by molar-refractivity contribution is -0.144. The van der Waals surface area contributed by atoms with Crippen LogP contribution in [0.4, 0.5) is 0 Å². The third kappa shape index (κ3) is 4.25. The number of benzene rings is 1. The monoisotopic (exact) mass is 392 g/mol. The Morgan fingerprint density at radius 1 is 1.22 bits per heavy atom. The number of thiocarbonyl (C=S) groups is 1. The smallest absolute Gasteiger partial charge is 0.344 e. The van der Waals surface area contributed by atoms with Gasteiger partial charge in [0.25, 0.3) is 11.8 Å². The van der Waals surface area contributed by atoms with E-state index in [1.54, 1.807) is 19.1 Å². The average Bonchev–Trinajstić information content (AvgIpc) is 2.64. The number of hydrogen-bond donors (Lipinski definition) is 1. The van der Waals surface area contributed by atoms with Crippen molar-refractivity contribution in [2.24, 2.45) is 0 Å². The van der Waals surface area contributed by atoms with Gasteiger partial charge in [0.05, 0.1) is 6.61 Å². The summed E-state index contributed by atoms with van der Waals surface area (Å²) in [4.78, 5) is 38.2. The molecule has 0 unspecified atom stereocenters. The van der Waals surface area contributed by atoms with E-state index in [0.717, 1.165) is 0 Å². The molecule has 0 aromatic heterocycles. The normalized spacial score (nSPS) is 15.7. The van der Waals surface area contributed by atoms with Crippen molar-refractivity contribution in [3.8, 4) is 11.5 Å². The number of carboxylic acids is 1. The van der Waals surface area contributed by atoms with E-state index in [4.69, 9.17) is 26.8 Å². The number of carbonyl (C=O) groups is 3. The van der Waals surface area contributed by atoms with Crippen molar-refractivity contribution in [3.63, 3.8) is 0 Å². The molecule has 1 aromatic carbocycles. The first kappa shape index (κ1) is 20.4. The van der Waals surface area contributed by atoms with Gasteiger partial charge in [-0.1, -0.05) is 6.07 Å². The van der Waals surface area contributed by atoms with E-state index in [9.17, 15) is 14.4 Å². The number of amides is 2. The van der Waals surface area contributed by atoms with Crippen LogP contribution in [0.1, 0.15) is 19.4 Å². The van der Waals surface area contributed by atoms with Crippen molar-refractivity contribution in [3.05, 3.63) is 29.3 Å². The van der Waals surface area contributed by atoms with E-state index in [0.29, 0.717) is 17.9 Å². The largest absolute Gasteiger partial charge is 0.490 e. The third-order valence-electron chi connectivity index (χ3n) is 3.87. The minimum atomic E-state index is -1.11. The number of carboxylic acid groups (broad SMARTS) is 1. The molecular weight excluding hydrogens is 372 g/mol. The van der Waals surface area contributed by atoms with Crippen LogP contribution in [-0.2, 0) is 14.4 Å². The van der Waals surface area contributed by atoms with Crippen molar-refractivity contribution in [1.82, 2.24) is 9.80 Å². The fourth-order valence-corrected chi connectivity index (χ4v) is 2.53. The maximum absolute atomic E-state index is 12.4. The molecule has 2 amide bonds. The van der Waals surface area contributed by atoms with Crippen LogP contribution in [0.3, 0.4) is 0 Å². The van der Waals surface area contributed by atoms with Gasteiger partial charge in [0.15, 0.2) is 22.7 Å². The summed E-state index contributed by atoms with van der Waals surface area (Å²) in [5.41, 5.74) is 0.490. The van der Waals surface area contributed by atoms with Crippen LogP contribution in [-0.4, -0.2) is 64.6 Å². The predicted molar refractivity (Wildman–Crippen MR) is 101 cm³/mol. The van der Waals surface area contributed by atoms with Gasteiger partial charge in [-0.3, -0.25) is 19.4 Å². The Balaban J connectivity index is 2.41. The van der Waals surface area contributed by atoms with E-state index >= 15 is 0 Å². The average molecular weight is 392 g/mol. The predicted octanol–water partition coefficient (Wildman–Crippen LogP) is 1.54. The number of hydrogen-bond acceptors (Lipinski definition) is 6. The quantitative estimate of drug-likeness (QED) is 0.446. The lowest BCUT2D eigenvalue weighted by Crippen LogP contribution is -2.52. The highest BCUT2D eigenvalue weighted by molar-refractivity contribution is 7.80. The molecule has 1 fully saturated rings. The first-order valence-electron chi connectivity index (χ1n) is 8.15. The van der Waals surface area contributed by atoms with Crippen molar-refractivity contribution in [1.29, 1.82) is 0 Å². The number of rotatable bonds is 6. The minimum absolute atomic E-state index is 0.0383. The first-order chi connectivity index (χ1) is 12.7. The van der Waals surface area contributed by atoms with E-state index in [2.05, 4.69) is 0 Å². The second kappa shape index (κ2) is 8.17. The Morgan fingerprint density at radius 3 is 2.33 bits per heavy atom. The van der Waals surface area contributed by atoms with E-state index < -0.39 is 23.9 Å². The van der Waals surface area contributed by atoms with E-state index in [1.165, 1.54) is 43.0 Å². The van der Waals surface area contributed by atoms with Crippen LogP contribution in [0, 0.1) is 0 Å². The molecule has 144 valence electrons. The zero-order chi connectivity index (χ0) is 20.3. The first-order valence-corrected chi connectivity index (χ1v) is 8.56. The second-order valence-electron chi connectivity index (χ2n) is 5.81. The van der Waals surface area contributed by atoms with Crippen molar-refractivity contribution >= 4 is 41.2 Å². The number of ether oxygens (including phenoxy) is 2. The molecule has 1 heterocycles. The number of likely N-dealkylation sites (N-methyl/N-ethyl adjacent to an activating group) is 2. The SMILES string of the molecule is CCOc1cc(C=C2C(=O)N(C)C(=S)N(C)C2=O)ccc1O[C@H](C)C(=O)O. The van der Waals surface area contributed by atoms with Crippen LogP contribution in [0.2, 0.25) is 0 Å². The molecule has 27 heavy (non-hydrogen) atoms. The second-order valence-corrected chi connectivity index (χ2v) is 6.17. The van der Waals surface area contributed by atoms with Gasteiger partial charge in [-0.15, -0.1) is 0 Å². The molecule has 0 bridgehead atoms. The number of nitrogens with zero attached hydrogens (tertiary/aromatic N) is 2. The fourth-order valence-electron chi connectivity index (χ4n) is 2.36. The van der Waals surface area contributed by atoms with Crippen molar-refractivity contribution in [2.45, 2.75) is 20.0 Å². The zero-order valence-electron chi connectivity index (χ0n) is 15.4. The Bertz CT molecular complexity index is 809. The standard InChI is InChI=1S/C18H20N2O6S/c1-5-25-14-9-11(6-7-13(14)26-10(2)17(23)24)8-12-15(21)19(3)18(27)20(4)16(12)22/h6-10H,5H2,1-4H3,(H,23,24)/t10-/m1/s1. The molecular formula is C18H20N2O6S. The molecule has 1 aliphatic rings. The van der Waals surface area contributed by atoms with Crippen LogP contribution in [0.5, 0.6) is 11.5 Å². The highest BCUT2D eigenvalue weighted by atomic mass is 32.1. The summed E-state index contributed by atoms with van der Waals surface area (Å²) in [6.07, 6.45) is 0.380. The zero-order valence-corrected chi connectivity index (χ0v) is 16.2. The van der Waals surface area contributed by atoms with Crippen molar-refractivity contribution in [2.75, 3.05) is 20.7 Å². The van der Waals surface area contributed by atoms with Gasteiger partial charge in [0, 0.05) is 14.1 Å². The maximum Gasteiger partial charge on any atom is 0.344 e. The van der Waals surface area contributed by atoms with Crippen LogP contribution < -0.4 is 9.47 Å². The van der Waals surface area contributed by atoms with Crippen LogP contribution >= 0.6 is 12.2 Å². The molecule has 8 nitrogen and oxygen atoms in total. The number of aliphatic carboxylic acids is 1. The van der Waals surface area contributed by atoms with Gasteiger partial charge in [-0.25, -0.2) is 4.79 Å².